The molecule has 0 aliphatic rings. The molecule has 0 bridgehead atoms. The third kappa shape index (κ3) is 6.38. The summed E-state index contributed by atoms with van der Waals surface area (Å²) >= 11 is 0. The van der Waals surface area contributed by atoms with E-state index in [1.165, 1.54) is 5.56 Å². The zero-order valence-corrected chi connectivity index (χ0v) is 18.5. The van der Waals surface area contributed by atoms with Crippen LogP contribution in [0.1, 0.15) is 43.4 Å². The number of rotatable bonds is 11. The summed E-state index contributed by atoms with van der Waals surface area (Å²) in [5, 5.41) is 8.85. The van der Waals surface area contributed by atoms with Crippen LogP contribution >= 0.6 is 0 Å². The standard InChI is InChI=1S/C26H31NO4/c1-4-20-7-11-25(23(17-20)24-6-5-14-27-24)31-19(3)13-15-30-22-10-8-21(18(2)16-22)9-12-26(28)29/h5-8,10-11,14,16-17,19,27H,4,9,12-13,15H2,1-3H3,(H,28,29)/t19-/m1/s1. The van der Waals surface area contributed by atoms with E-state index in [0.29, 0.717) is 13.0 Å². The first kappa shape index (κ1) is 22.5. The summed E-state index contributed by atoms with van der Waals surface area (Å²) < 4.78 is 12.2. The first-order valence-corrected chi connectivity index (χ1v) is 10.8. The lowest BCUT2D eigenvalue weighted by atomic mass is 10.0. The lowest BCUT2D eigenvalue weighted by Crippen LogP contribution is -2.16. The van der Waals surface area contributed by atoms with Crippen molar-refractivity contribution in [1.29, 1.82) is 0 Å². The Morgan fingerprint density at radius 1 is 1.16 bits per heavy atom. The molecule has 31 heavy (non-hydrogen) atoms. The van der Waals surface area contributed by atoms with Crippen LogP contribution in [-0.2, 0) is 17.6 Å². The maximum absolute atomic E-state index is 10.8. The Balaban J connectivity index is 1.56. The van der Waals surface area contributed by atoms with E-state index in [-0.39, 0.29) is 12.5 Å². The van der Waals surface area contributed by atoms with E-state index < -0.39 is 5.97 Å². The molecule has 0 aliphatic heterocycles. The highest BCUT2D eigenvalue weighted by atomic mass is 16.5. The van der Waals surface area contributed by atoms with Gasteiger partial charge in [0.15, 0.2) is 0 Å². The van der Waals surface area contributed by atoms with Crippen molar-refractivity contribution in [3.8, 4) is 22.8 Å². The molecule has 2 N–H and O–H groups in total. The number of aryl methyl sites for hydroxylation is 3. The third-order valence-corrected chi connectivity index (χ3v) is 5.38. The molecule has 164 valence electrons. The van der Waals surface area contributed by atoms with E-state index in [2.05, 4.69) is 37.0 Å². The summed E-state index contributed by atoms with van der Waals surface area (Å²) in [4.78, 5) is 14.0. The molecule has 1 heterocycles. The fraction of sp³-hybridized carbons (Fsp3) is 0.346. The predicted molar refractivity (Wildman–Crippen MR) is 123 cm³/mol. The average Bonchev–Trinajstić information content (AvgIpc) is 3.28. The number of hydrogen-bond donors (Lipinski definition) is 2. The van der Waals surface area contributed by atoms with Crippen molar-refractivity contribution >= 4 is 5.97 Å². The molecule has 3 rings (SSSR count). The molecule has 3 aromatic rings. The van der Waals surface area contributed by atoms with Crippen LogP contribution in [0.5, 0.6) is 11.5 Å². The number of nitrogens with one attached hydrogen (secondary N) is 1. The summed E-state index contributed by atoms with van der Waals surface area (Å²) in [6, 6.07) is 16.2. The SMILES string of the molecule is CCc1ccc(O[C@H](C)CCOc2ccc(CCC(=O)O)c(C)c2)c(-c2ccc[nH]2)c1. The molecule has 0 saturated heterocycles. The van der Waals surface area contributed by atoms with Crippen molar-refractivity contribution in [2.24, 2.45) is 0 Å². The van der Waals surface area contributed by atoms with Gasteiger partial charge in [0.25, 0.3) is 0 Å². The Hall–Kier alpha value is -3.21. The number of ether oxygens (including phenoxy) is 2. The van der Waals surface area contributed by atoms with Crippen LogP contribution in [0, 0.1) is 6.92 Å². The van der Waals surface area contributed by atoms with Crippen LogP contribution in [0.25, 0.3) is 11.3 Å². The summed E-state index contributed by atoms with van der Waals surface area (Å²) in [5.74, 6) is 0.881. The Labute approximate surface area is 184 Å². The van der Waals surface area contributed by atoms with Gasteiger partial charge >= 0.3 is 5.97 Å². The van der Waals surface area contributed by atoms with E-state index in [1.54, 1.807) is 0 Å². The highest BCUT2D eigenvalue weighted by Gasteiger charge is 2.12. The van der Waals surface area contributed by atoms with Gasteiger partial charge in [0.05, 0.1) is 12.7 Å². The van der Waals surface area contributed by atoms with Crippen molar-refractivity contribution in [1.82, 2.24) is 4.98 Å². The van der Waals surface area contributed by atoms with Crippen LogP contribution in [-0.4, -0.2) is 28.8 Å². The fourth-order valence-corrected chi connectivity index (χ4v) is 3.51. The Bertz CT molecular complexity index is 995. The molecular weight excluding hydrogens is 390 g/mol. The molecular formula is C26H31NO4. The Kier molecular flexibility index (Phi) is 7.76. The summed E-state index contributed by atoms with van der Waals surface area (Å²) in [7, 11) is 0. The van der Waals surface area contributed by atoms with Gasteiger partial charge in [-0.05, 0) is 79.8 Å². The number of aromatic amines is 1. The quantitative estimate of drug-likeness (QED) is 0.410. The lowest BCUT2D eigenvalue weighted by molar-refractivity contribution is -0.136. The summed E-state index contributed by atoms with van der Waals surface area (Å²) in [5.41, 5.74) is 5.49. The number of carboxylic acids is 1. The average molecular weight is 422 g/mol. The van der Waals surface area contributed by atoms with Crippen LogP contribution in [0.3, 0.4) is 0 Å². The second kappa shape index (κ2) is 10.7. The van der Waals surface area contributed by atoms with Crippen molar-refractivity contribution in [2.75, 3.05) is 6.61 Å². The molecule has 0 spiro atoms. The van der Waals surface area contributed by atoms with E-state index in [4.69, 9.17) is 14.6 Å². The largest absolute Gasteiger partial charge is 0.493 e. The zero-order valence-electron chi connectivity index (χ0n) is 18.5. The Morgan fingerprint density at radius 2 is 2.00 bits per heavy atom. The van der Waals surface area contributed by atoms with E-state index in [1.807, 2.05) is 43.5 Å². The maximum atomic E-state index is 10.8. The molecule has 0 aliphatic carbocycles. The number of hydrogen-bond acceptors (Lipinski definition) is 3. The minimum absolute atomic E-state index is 0.00266. The van der Waals surface area contributed by atoms with Gasteiger partial charge in [-0.2, -0.15) is 0 Å². The van der Waals surface area contributed by atoms with Crippen molar-refractivity contribution in [3.05, 3.63) is 71.4 Å². The van der Waals surface area contributed by atoms with Gasteiger partial charge in [-0.15, -0.1) is 0 Å². The summed E-state index contributed by atoms with van der Waals surface area (Å²) in [6.45, 7) is 6.72. The van der Waals surface area contributed by atoms with Crippen LogP contribution < -0.4 is 9.47 Å². The second-order valence-corrected chi connectivity index (χ2v) is 7.82. The molecule has 1 atom stereocenters. The minimum atomic E-state index is -0.780. The number of aliphatic carboxylic acids is 1. The molecule has 5 nitrogen and oxygen atoms in total. The van der Waals surface area contributed by atoms with Crippen LogP contribution in [0.15, 0.2) is 54.7 Å². The third-order valence-electron chi connectivity index (χ3n) is 5.38. The van der Waals surface area contributed by atoms with Crippen molar-refractivity contribution in [2.45, 2.75) is 52.6 Å². The predicted octanol–water partition coefficient (Wildman–Crippen LogP) is 5.81. The van der Waals surface area contributed by atoms with Gasteiger partial charge in [0.1, 0.15) is 11.5 Å². The second-order valence-electron chi connectivity index (χ2n) is 7.82. The fourth-order valence-electron chi connectivity index (χ4n) is 3.51. The topological polar surface area (TPSA) is 71.6 Å². The van der Waals surface area contributed by atoms with Gasteiger partial charge in [0, 0.05) is 30.3 Å². The van der Waals surface area contributed by atoms with Crippen molar-refractivity contribution in [3.63, 3.8) is 0 Å². The first-order valence-electron chi connectivity index (χ1n) is 10.8. The molecule has 0 amide bonds. The van der Waals surface area contributed by atoms with Crippen LogP contribution in [0.2, 0.25) is 0 Å². The van der Waals surface area contributed by atoms with Gasteiger partial charge in [0.2, 0.25) is 0 Å². The van der Waals surface area contributed by atoms with Gasteiger partial charge in [-0.25, -0.2) is 0 Å². The number of aromatic nitrogens is 1. The molecule has 5 heteroatoms. The van der Waals surface area contributed by atoms with Gasteiger partial charge in [-0.1, -0.05) is 19.1 Å². The van der Waals surface area contributed by atoms with E-state index >= 15 is 0 Å². The molecule has 0 saturated carbocycles. The monoisotopic (exact) mass is 421 g/mol. The zero-order chi connectivity index (χ0) is 22.2. The normalized spacial score (nSPS) is 11.8. The summed E-state index contributed by atoms with van der Waals surface area (Å²) in [6.07, 6.45) is 4.32. The molecule has 0 fully saturated rings. The smallest absolute Gasteiger partial charge is 0.303 e. The van der Waals surface area contributed by atoms with Gasteiger partial charge < -0.3 is 19.6 Å². The van der Waals surface area contributed by atoms with Gasteiger partial charge in [-0.3, -0.25) is 4.79 Å². The molecule has 0 unspecified atom stereocenters. The Morgan fingerprint density at radius 3 is 2.68 bits per heavy atom. The van der Waals surface area contributed by atoms with E-state index in [0.717, 1.165) is 46.7 Å². The first-order chi connectivity index (χ1) is 15.0. The number of H-pyrrole nitrogens is 1. The number of carboxylic acid groups (broad SMARTS) is 1. The van der Waals surface area contributed by atoms with E-state index in [9.17, 15) is 4.79 Å². The molecule has 2 aromatic carbocycles. The molecule has 1 aromatic heterocycles. The minimum Gasteiger partial charge on any atom is -0.493 e. The highest BCUT2D eigenvalue weighted by molar-refractivity contribution is 5.68. The van der Waals surface area contributed by atoms with Crippen LogP contribution in [0.4, 0.5) is 0 Å². The van der Waals surface area contributed by atoms with Crippen molar-refractivity contribution < 1.29 is 19.4 Å². The number of benzene rings is 2. The lowest BCUT2D eigenvalue weighted by Gasteiger charge is -2.18. The highest BCUT2D eigenvalue weighted by Crippen LogP contribution is 2.31. The number of carbonyl (C=O) groups is 1. The molecule has 0 radical (unpaired) electrons. The maximum Gasteiger partial charge on any atom is 0.303 e.